The molecule has 0 aliphatic heterocycles. The van der Waals surface area contributed by atoms with E-state index in [4.69, 9.17) is 9.26 Å². The van der Waals surface area contributed by atoms with Crippen molar-refractivity contribution in [3.05, 3.63) is 40.9 Å². The second kappa shape index (κ2) is 6.39. The number of amides is 1. The van der Waals surface area contributed by atoms with Crippen molar-refractivity contribution in [1.29, 1.82) is 0 Å². The summed E-state index contributed by atoms with van der Waals surface area (Å²) in [5.41, 5.74) is 1.91. The first-order valence-corrected chi connectivity index (χ1v) is 6.76. The van der Waals surface area contributed by atoms with Crippen LogP contribution in [0.15, 0.2) is 22.9 Å². The third kappa shape index (κ3) is 3.21. The van der Waals surface area contributed by atoms with Crippen LogP contribution in [0.2, 0.25) is 0 Å². The maximum atomic E-state index is 12.4. The fourth-order valence-electron chi connectivity index (χ4n) is 2.06. The lowest BCUT2D eigenvalue weighted by atomic mass is 10.0. The molecule has 2 rings (SSSR count). The van der Waals surface area contributed by atoms with Crippen LogP contribution in [0, 0.1) is 6.92 Å². The summed E-state index contributed by atoms with van der Waals surface area (Å²) in [5, 5.41) is 6.73. The fourth-order valence-corrected chi connectivity index (χ4v) is 2.06. The minimum Gasteiger partial charge on any atom is -0.481 e. The van der Waals surface area contributed by atoms with E-state index in [2.05, 4.69) is 15.5 Å². The van der Waals surface area contributed by atoms with E-state index in [1.165, 1.54) is 0 Å². The molecule has 0 spiro atoms. The number of hydrogen-bond donors (Lipinski definition) is 1. The predicted molar refractivity (Wildman–Crippen MR) is 77.3 cm³/mol. The summed E-state index contributed by atoms with van der Waals surface area (Å²) in [6.07, 6.45) is 1.64. The van der Waals surface area contributed by atoms with Gasteiger partial charge in [-0.05, 0) is 13.0 Å². The summed E-state index contributed by atoms with van der Waals surface area (Å²) in [7, 11) is 1.55. The quantitative estimate of drug-likeness (QED) is 0.914. The first-order chi connectivity index (χ1) is 10.0. The number of aromatic nitrogens is 2. The average molecular weight is 289 g/mol. The number of nitrogens with zero attached hydrogens (tertiary/aromatic N) is 2. The number of pyridine rings is 1. The van der Waals surface area contributed by atoms with Crippen LogP contribution in [-0.2, 0) is 6.54 Å². The summed E-state index contributed by atoms with van der Waals surface area (Å²) in [6.45, 7) is 6.01. The largest absolute Gasteiger partial charge is 0.481 e. The van der Waals surface area contributed by atoms with Gasteiger partial charge in [-0.15, -0.1) is 0 Å². The van der Waals surface area contributed by atoms with Gasteiger partial charge in [-0.2, -0.15) is 0 Å². The van der Waals surface area contributed by atoms with Crippen molar-refractivity contribution in [2.45, 2.75) is 33.2 Å². The zero-order valence-corrected chi connectivity index (χ0v) is 12.6. The van der Waals surface area contributed by atoms with Gasteiger partial charge in [-0.1, -0.05) is 25.1 Å². The first kappa shape index (κ1) is 15.0. The third-order valence-electron chi connectivity index (χ3n) is 3.12. The van der Waals surface area contributed by atoms with Crippen molar-refractivity contribution in [1.82, 2.24) is 15.5 Å². The van der Waals surface area contributed by atoms with Crippen molar-refractivity contribution in [3.8, 4) is 5.88 Å². The number of aryl methyl sites for hydroxylation is 1. The van der Waals surface area contributed by atoms with Crippen LogP contribution in [0.3, 0.4) is 0 Å². The summed E-state index contributed by atoms with van der Waals surface area (Å²) < 4.78 is 10.4. The van der Waals surface area contributed by atoms with Gasteiger partial charge in [-0.3, -0.25) is 4.79 Å². The Morgan fingerprint density at radius 2 is 2.24 bits per heavy atom. The lowest BCUT2D eigenvalue weighted by Crippen LogP contribution is -2.24. The van der Waals surface area contributed by atoms with Crippen LogP contribution in [-0.4, -0.2) is 23.2 Å². The van der Waals surface area contributed by atoms with Crippen molar-refractivity contribution >= 4 is 5.91 Å². The van der Waals surface area contributed by atoms with E-state index in [9.17, 15) is 4.79 Å². The highest BCUT2D eigenvalue weighted by Crippen LogP contribution is 2.22. The monoisotopic (exact) mass is 289 g/mol. The Morgan fingerprint density at radius 3 is 2.90 bits per heavy atom. The molecular weight excluding hydrogens is 270 g/mol. The Labute approximate surface area is 123 Å². The molecule has 0 fully saturated rings. The van der Waals surface area contributed by atoms with E-state index < -0.39 is 0 Å². The molecule has 1 N–H and O–H groups in total. The van der Waals surface area contributed by atoms with E-state index in [1.807, 2.05) is 19.9 Å². The Morgan fingerprint density at radius 1 is 1.48 bits per heavy atom. The van der Waals surface area contributed by atoms with Crippen LogP contribution in [0.4, 0.5) is 0 Å². The van der Waals surface area contributed by atoms with Crippen LogP contribution in [0.1, 0.15) is 47.1 Å². The van der Waals surface area contributed by atoms with E-state index in [1.54, 1.807) is 26.3 Å². The maximum absolute atomic E-state index is 12.4. The van der Waals surface area contributed by atoms with Gasteiger partial charge < -0.3 is 14.6 Å². The number of carbonyl (C=O) groups excluding carboxylic acids is 1. The van der Waals surface area contributed by atoms with Crippen molar-refractivity contribution in [2.75, 3.05) is 7.11 Å². The van der Waals surface area contributed by atoms with Gasteiger partial charge in [0.25, 0.3) is 5.91 Å². The first-order valence-electron chi connectivity index (χ1n) is 6.76. The summed E-state index contributed by atoms with van der Waals surface area (Å²) in [4.78, 5) is 16.4. The molecule has 0 unspecified atom stereocenters. The zero-order valence-electron chi connectivity index (χ0n) is 12.6. The van der Waals surface area contributed by atoms with E-state index in [0.717, 1.165) is 5.56 Å². The molecule has 0 atom stereocenters. The van der Waals surface area contributed by atoms with Gasteiger partial charge in [-0.25, -0.2) is 4.98 Å². The van der Waals surface area contributed by atoms with Crippen LogP contribution in [0.25, 0.3) is 0 Å². The van der Waals surface area contributed by atoms with Crippen LogP contribution < -0.4 is 10.1 Å². The molecule has 0 radical (unpaired) electrons. The van der Waals surface area contributed by atoms with Gasteiger partial charge in [0.2, 0.25) is 5.88 Å². The molecule has 0 aliphatic rings. The normalized spacial score (nSPS) is 10.7. The van der Waals surface area contributed by atoms with Gasteiger partial charge >= 0.3 is 0 Å². The molecule has 0 aromatic carbocycles. The van der Waals surface area contributed by atoms with Crippen molar-refractivity contribution in [3.63, 3.8) is 0 Å². The van der Waals surface area contributed by atoms with Gasteiger partial charge in [0, 0.05) is 24.2 Å². The lowest BCUT2D eigenvalue weighted by Gasteiger charge is -2.09. The van der Waals surface area contributed by atoms with Gasteiger partial charge in [0.1, 0.15) is 5.56 Å². The maximum Gasteiger partial charge on any atom is 0.257 e. The summed E-state index contributed by atoms with van der Waals surface area (Å²) in [5.74, 6) is 0.996. The summed E-state index contributed by atoms with van der Waals surface area (Å²) >= 11 is 0. The van der Waals surface area contributed by atoms with Crippen LogP contribution in [0.5, 0.6) is 5.88 Å². The smallest absolute Gasteiger partial charge is 0.257 e. The zero-order chi connectivity index (χ0) is 15.4. The molecule has 0 saturated carbocycles. The highest BCUT2D eigenvalue weighted by Gasteiger charge is 2.22. The van der Waals surface area contributed by atoms with Crippen molar-refractivity contribution < 1.29 is 14.1 Å². The molecule has 6 heteroatoms. The van der Waals surface area contributed by atoms with Gasteiger partial charge in [0.15, 0.2) is 5.76 Å². The average Bonchev–Trinajstić information content (AvgIpc) is 2.87. The molecule has 1 amide bonds. The molecule has 0 saturated heterocycles. The number of ether oxygens (including phenoxy) is 1. The van der Waals surface area contributed by atoms with Gasteiger partial charge in [0.05, 0.1) is 12.8 Å². The molecule has 112 valence electrons. The molecule has 6 nitrogen and oxygen atoms in total. The number of nitrogens with one attached hydrogen (secondary N) is 1. The Balaban J connectivity index is 2.14. The number of rotatable bonds is 5. The van der Waals surface area contributed by atoms with Crippen LogP contribution >= 0.6 is 0 Å². The highest BCUT2D eigenvalue weighted by molar-refractivity contribution is 5.96. The van der Waals surface area contributed by atoms with Crippen molar-refractivity contribution in [2.24, 2.45) is 0 Å². The Kier molecular flexibility index (Phi) is 4.57. The number of hydrogen-bond acceptors (Lipinski definition) is 5. The molecular formula is C15H19N3O3. The second-order valence-corrected chi connectivity index (χ2v) is 5.02. The molecule has 2 aromatic heterocycles. The third-order valence-corrected chi connectivity index (χ3v) is 3.12. The Bertz CT molecular complexity index is 635. The minimum atomic E-state index is -0.205. The highest BCUT2D eigenvalue weighted by atomic mass is 16.5. The number of carbonyl (C=O) groups is 1. The molecule has 2 aromatic rings. The molecule has 2 heterocycles. The predicted octanol–water partition coefficient (Wildman–Crippen LogP) is 2.44. The fraction of sp³-hybridized carbons (Fsp3) is 0.400. The molecule has 0 bridgehead atoms. The molecule has 21 heavy (non-hydrogen) atoms. The van der Waals surface area contributed by atoms with E-state index >= 15 is 0 Å². The second-order valence-electron chi connectivity index (χ2n) is 5.02. The molecule has 0 aliphatic carbocycles. The minimum absolute atomic E-state index is 0.0971. The van der Waals surface area contributed by atoms with E-state index in [-0.39, 0.29) is 11.8 Å². The summed E-state index contributed by atoms with van der Waals surface area (Å²) in [6, 6.07) is 3.66. The Hall–Kier alpha value is -2.37. The topological polar surface area (TPSA) is 77.2 Å². The SMILES string of the molecule is COc1ncccc1CNC(=O)c1c(C)noc1C(C)C. The van der Waals surface area contributed by atoms with E-state index in [0.29, 0.717) is 29.4 Å². The lowest BCUT2D eigenvalue weighted by molar-refractivity contribution is 0.0947. The standard InChI is InChI=1S/C15H19N3O3/c1-9(2)13-12(10(3)18-21-13)14(19)17-8-11-6-5-7-16-15(11)20-4/h5-7,9H,8H2,1-4H3,(H,17,19). The number of methoxy groups -OCH3 is 1.